The number of benzene rings is 1. The minimum absolute atomic E-state index is 0.478. The number of hydrogen-bond donors (Lipinski definition) is 1. The number of hydrogen-bond acceptors (Lipinski definition) is 5. The zero-order valence-electron chi connectivity index (χ0n) is 9.33. The van der Waals surface area contributed by atoms with Crippen LogP contribution in [-0.4, -0.2) is 18.2 Å². The van der Waals surface area contributed by atoms with E-state index in [1.807, 2.05) is 35.7 Å². The monoisotopic (exact) mass is 250 g/mol. The molecule has 2 rings (SSSR count). The smallest absolute Gasteiger partial charge is 0.180 e. The summed E-state index contributed by atoms with van der Waals surface area (Å²) >= 11 is 1.42. The molecule has 5 heteroatoms. The fourth-order valence-electron chi connectivity index (χ4n) is 1.30. The van der Waals surface area contributed by atoms with Crippen molar-refractivity contribution in [3.63, 3.8) is 0 Å². The summed E-state index contributed by atoms with van der Waals surface area (Å²) in [6.45, 7) is 1.54. The van der Waals surface area contributed by atoms with Crippen LogP contribution >= 0.6 is 11.3 Å². The van der Waals surface area contributed by atoms with Crippen LogP contribution in [0.25, 0.3) is 0 Å². The highest BCUT2D eigenvalue weighted by atomic mass is 32.1. The van der Waals surface area contributed by atoms with Crippen LogP contribution in [-0.2, 0) is 11.3 Å². The fraction of sp³-hybridized carbons (Fsp3) is 0.250. The number of anilines is 1. The number of nitrogens with zero attached hydrogens (tertiary/aromatic N) is 1. The summed E-state index contributed by atoms with van der Waals surface area (Å²) in [5.41, 5.74) is 6.38. The normalized spacial score (nSPS) is 10.4. The van der Waals surface area contributed by atoms with E-state index in [0.717, 1.165) is 11.4 Å². The maximum absolute atomic E-state index is 5.51. The van der Waals surface area contributed by atoms with Crippen molar-refractivity contribution < 1.29 is 9.47 Å². The van der Waals surface area contributed by atoms with Crippen LogP contribution in [0.4, 0.5) is 5.13 Å². The number of thiazole rings is 1. The molecule has 0 bridgehead atoms. The first-order valence-electron chi connectivity index (χ1n) is 5.30. The van der Waals surface area contributed by atoms with Crippen molar-refractivity contribution in [3.8, 4) is 5.75 Å². The van der Waals surface area contributed by atoms with Crippen LogP contribution in [0.2, 0.25) is 0 Å². The lowest BCUT2D eigenvalue weighted by Crippen LogP contribution is -2.06. The molecule has 1 heterocycles. The quantitative estimate of drug-likeness (QED) is 0.799. The summed E-state index contributed by atoms with van der Waals surface area (Å²) in [7, 11) is 0. The van der Waals surface area contributed by atoms with Crippen molar-refractivity contribution >= 4 is 16.5 Å². The summed E-state index contributed by atoms with van der Waals surface area (Å²) in [6.07, 6.45) is 0. The summed E-state index contributed by atoms with van der Waals surface area (Å²) < 4.78 is 10.9. The van der Waals surface area contributed by atoms with E-state index in [1.165, 1.54) is 11.3 Å². The summed E-state index contributed by atoms with van der Waals surface area (Å²) in [4.78, 5) is 4.10. The summed E-state index contributed by atoms with van der Waals surface area (Å²) in [5.74, 6) is 0.856. The Kier molecular flexibility index (Phi) is 4.35. The third-order valence-corrected chi connectivity index (χ3v) is 2.78. The van der Waals surface area contributed by atoms with Gasteiger partial charge in [0.05, 0.1) is 18.9 Å². The number of rotatable bonds is 6. The Morgan fingerprint density at radius 2 is 2.00 bits per heavy atom. The maximum Gasteiger partial charge on any atom is 0.180 e. The predicted molar refractivity (Wildman–Crippen MR) is 68.1 cm³/mol. The molecule has 0 aliphatic heterocycles. The van der Waals surface area contributed by atoms with Crippen molar-refractivity contribution in [1.29, 1.82) is 0 Å². The topological polar surface area (TPSA) is 57.4 Å². The van der Waals surface area contributed by atoms with Gasteiger partial charge in [0.2, 0.25) is 0 Å². The second-order valence-corrected chi connectivity index (χ2v) is 4.28. The maximum atomic E-state index is 5.51. The molecule has 0 atom stereocenters. The number of ether oxygens (including phenoxy) is 2. The number of para-hydroxylation sites is 1. The van der Waals surface area contributed by atoms with E-state index in [4.69, 9.17) is 15.2 Å². The van der Waals surface area contributed by atoms with E-state index in [1.54, 1.807) is 0 Å². The highest BCUT2D eigenvalue weighted by molar-refractivity contribution is 7.13. The van der Waals surface area contributed by atoms with Gasteiger partial charge < -0.3 is 15.2 Å². The van der Waals surface area contributed by atoms with Gasteiger partial charge in [0.25, 0.3) is 0 Å². The van der Waals surface area contributed by atoms with Crippen LogP contribution in [0.15, 0.2) is 35.7 Å². The molecule has 0 fully saturated rings. The molecule has 0 unspecified atom stereocenters. The van der Waals surface area contributed by atoms with Gasteiger partial charge in [-0.1, -0.05) is 18.2 Å². The lowest BCUT2D eigenvalue weighted by Gasteiger charge is -2.05. The molecule has 17 heavy (non-hydrogen) atoms. The first kappa shape index (κ1) is 11.9. The zero-order valence-corrected chi connectivity index (χ0v) is 10.2. The first-order valence-corrected chi connectivity index (χ1v) is 6.18. The lowest BCUT2D eigenvalue weighted by atomic mass is 10.3. The summed E-state index contributed by atoms with van der Waals surface area (Å²) in [6, 6.07) is 9.67. The van der Waals surface area contributed by atoms with E-state index in [2.05, 4.69) is 4.98 Å². The molecular formula is C12H14N2O2S. The highest BCUT2D eigenvalue weighted by Crippen LogP contribution is 2.12. The Labute approximate surface area is 104 Å². The van der Waals surface area contributed by atoms with Gasteiger partial charge in [-0.15, -0.1) is 11.3 Å². The van der Waals surface area contributed by atoms with Crippen molar-refractivity contribution in [3.05, 3.63) is 41.4 Å². The van der Waals surface area contributed by atoms with E-state index >= 15 is 0 Å². The van der Waals surface area contributed by atoms with Crippen LogP contribution in [0.5, 0.6) is 5.75 Å². The van der Waals surface area contributed by atoms with Crippen molar-refractivity contribution in [2.24, 2.45) is 0 Å². The van der Waals surface area contributed by atoms with E-state index in [-0.39, 0.29) is 0 Å². The van der Waals surface area contributed by atoms with E-state index in [9.17, 15) is 0 Å². The first-order chi connectivity index (χ1) is 8.34. The Balaban J connectivity index is 1.61. The third kappa shape index (κ3) is 4.05. The SMILES string of the molecule is Nc1nc(COCCOc2ccccc2)cs1. The Morgan fingerprint density at radius 1 is 1.18 bits per heavy atom. The molecule has 0 aliphatic rings. The predicted octanol–water partition coefficient (Wildman–Crippen LogP) is 2.32. The van der Waals surface area contributed by atoms with Gasteiger partial charge >= 0.3 is 0 Å². The standard InChI is InChI=1S/C12H14N2O2S/c13-12-14-10(9-17-12)8-15-6-7-16-11-4-2-1-3-5-11/h1-5,9H,6-8H2,(H2,13,14). The molecule has 0 saturated carbocycles. The van der Waals surface area contributed by atoms with Crippen LogP contribution in [0, 0.1) is 0 Å². The molecule has 0 spiro atoms. The van der Waals surface area contributed by atoms with Gasteiger partial charge in [-0.25, -0.2) is 4.98 Å². The number of nitrogens with two attached hydrogens (primary N) is 1. The van der Waals surface area contributed by atoms with Crippen molar-refractivity contribution in [2.75, 3.05) is 18.9 Å². The number of nitrogen functional groups attached to an aromatic ring is 1. The molecule has 1 aromatic carbocycles. The molecule has 2 aromatic rings. The Bertz CT molecular complexity index is 445. The van der Waals surface area contributed by atoms with Crippen molar-refractivity contribution in [1.82, 2.24) is 4.98 Å². The van der Waals surface area contributed by atoms with Gasteiger partial charge in [0.15, 0.2) is 5.13 Å². The minimum Gasteiger partial charge on any atom is -0.491 e. The van der Waals surface area contributed by atoms with Gasteiger partial charge in [0, 0.05) is 5.38 Å². The largest absolute Gasteiger partial charge is 0.491 e. The molecular weight excluding hydrogens is 236 g/mol. The lowest BCUT2D eigenvalue weighted by molar-refractivity contribution is 0.0873. The number of aromatic nitrogens is 1. The van der Waals surface area contributed by atoms with Gasteiger partial charge in [0.1, 0.15) is 12.4 Å². The van der Waals surface area contributed by atoms with Crippen LogP contribution in [0.3, 0.4) is 0 Å². The van der Waals surface area contributed by atoms with Gasteiger partial charge in [-0.2, -0.15) is 0 Å². The zero-order chi connectivity index (χ0) is 11.9. The molecule has 2 N–H and O–H groups in total. The molecule has 4 nitrogen and oxygen atoms in total. The second-order valence-electron chi connectivity index (χ2n) is 3.39. The van der Waals surface area contributed by atoms with E-state index < -0.39 is 0 Å². The third-order valence-electron chi connectivity index (χ3n) is 2.06. The molecule has 0 saturated heterocycles. The van der Waals surface area contributed by atoms with Crippen LogP contribution < -0.4 is 10.5 Å². The molecule has 0 radical (unpaired) electrons. The molecule has 0 aliphatic carbocycles. The Hall–Kier alpha value is -1.59. The summed E-state index contributed by atoms with van der Waals surface area (Å²) in [5, 5.41) is 2.47. The average Bonchev–Trinajstić information content (AvgIpc) is 2.76. The molecule has 1 aromatic heterocycles. The van der Waals surface area contributed by atoms with Gasteiger partial charge in [-0.05, 0) is 12.1 Å². The highest BCUT2D eigenvalue weighted by Gasteiger charge is 1.98. The van der Waals surface area contributed by atoms with E-state index in [0.29, 0.717) is 25.0 Å². The molecule has 0 amide bonds. The minimum atomic E-state index is 0.478. The Morgan fingerprint density at radius 3 is 2.71 bits per heavy atom. The second kappa shape index (κ2) is 6.22. The van der Waals surface area contributed by atoms with Crippen LogP contribution in [0.1, 0.15) is 5.69 Å². The van der Waals surface area contributed by atoms with Gasteiger partial charge in [-0.3, -0.25) is 0 Å². The molecule has 90 valence electrons. The fourth-order valence-corrected chi connectivity index (χ4v) is 1.85. The van der Waals surface area contributed by atoms with Crippen molar-refractivity contribution in [2.45, 2.75) is 6.61 Å². The average molecular weight is 250 g/mol.